The molecule has 0 aliphatic heterocycles. The molecule has 0 aliphatic carbocycles. The lowest BCUT2D eigenvalue weighted by Gasteiger charge is -2.16. The van der Waals surface area contributed by atoms with E-state index in [1.54, 1.807) is 6.07 Å². The van der Waals surface area contributed by atoms with E-state index in [0.717, 1.165) is 10.9 Å². The van der Waals surface area contributed by atoms with Gasteiger partial charge in [-0.05, 0) is 18.1 Å². The van der Waals surface area contributed by atoms with Crippen molar-refractivity contribution in [3.05, 3.63) is 42.1 Å². The third kappa shape index (κ3) is 3.56. The normalized spacial score (nSPS) is 12.3. The van der Waals surface area contributed by atoms with E-state index in [1.807, 2.05) is 44.2 Å². The molecule has 1 aromatic carbocycles. The molecule has 2 rings (SSSR count). The number of hydrogen-bond donors (Lipinski definition) is 2. The number of nitrogens with zero attached hydrogens (tertiary/aromatic N) is 1. The Kier molecular flexibility index (Phi) is 4.52. The van der Waals surface area contributed by atoms with E-state index in [9.17, 15) is 9.59 Å². The van der Waals surface area contributed by atoms with Crippen molar-refractivity contribution in [3.8, 4) is 0 Å². The quantitative estimate of drug-likeness (QED) is 0.884. The number of amides is 1. The zero-order valence-corrected chi connectivity index (χ0v) is 12.0. The van der Waals surface area contributed by atoms with E-state index in [0.29, 0.717) is 5.69 Å². The van der Waals surface area contributed by atoms with Crippen LogP contribution in [0.15, 0.2) is 36.4 Å². The van der Waals surface area contributed by atoms with Crippen LogP contribution in [0.5, 0.6) is 0 Å². The van der Waals surface area contributed by atoms with Crippen LogP contribution in [0, 0.1) is 11.8 Å². The van der Waals surface area contributed by atoms with Crippen molar-refractivity contribution in [2.45, 2.75) is 13.8 Å². The summed E-state index contributed by atoms with van der Waals surface area (Å²) in [6.45, 7) is 3.73. The average molecular weight is 286 g/mol. The van der Waals surface area contributed by atoms with Crippen LogP contribution in [-0.2, 0) is 4.79 Å². The van der Waals surface area contributed by atoms with Gasteiger partial charge < -0.3 is 10.4 Å². The topological polar surface area (TPSA) is 79.3 Å². The van der Waals surface area contributed by atoms with Crippen molar-refractivity contribution in [2.24, 2.45) is 11.8 Å². The molecule has 0 saturated carbocycles. The SMILES string of the molecule is CC(C)C(CNC(=O)c1ccc2ccccc2n1)C(=O)O. The second kappa shape index (κ2) is 6.35. The van der Waals surface area contributed by atoms with Gasteiger partial charge in [0.1, 0.15) is 5.69 Å². The van der Waals surface area contributed by atoms with Crippen LogP contribution in [0.2, 0.25) is 0 Å². The number of fused-ring (bicyclic) bond motifs is 1. The highest BCUT2D eigenvalue weighted by Crippen LogP contribution is 2.13. The van der Waals surface area contributed by atoms with E-state index in [2.05, 4.69) is 10.3 Å². The number of pyridine rings is 1. The molecule has 110 valence electrons. The Morgan fingerprint density at radius 1 is 1.19 bits per heavy atom. The van der Waals surface area contributed by atoms with Gasteiger partial charge in [-0.2, -0.15) is 0 Å². The fraction of sp³-hybridized carbons (Fsp3) is 0.312. The first-order chi connectivity index (χ1) is 9.99. The molecule has 1 aromatic heterocycles. The molecule has 0 radical (unpaired) electrons. The molecule has 2 N–H and O–H groups in total. The number of carboxylic acids is 1. The molecular formula is C16H18N2O3. The molecule has 0 saturated heterocycles. The zero-order valence-electron chi connectivity index (χ0n) is 12.0. The lowest BCUT2D eigenvalue weighted by Crippen LogP contribution is -2.35. The van der Waals surface area contributed by atoms with E-state index in [-0.39, 0.29) is 18.4 Å². The molecule has 0 aliphatic rings. The maximum Gasteiger partial charge on any atom is 0.308 e. The van der Waals surface area contributed by atoms with Crippen LogP contribution in [0.4, 0.5) is 0 Å². The predicted molar refractivity (Wildman–Crippen MR) is 80.0 cm³/mol. The molecule has 1 heterocycles. The first kappa shape index (κ1) is 15.0. The number of aliphatic carboxylic acids is 1. The Labute approximate surface area is 123 Å². The van der Waals surface area contributed by atoms with Crippen molar-refractivity contribution in [3.63, 3.8) is 0 Å². The summed E-state index contributed by atoms with van der Waals surface area (Å²) >= 11 is 0. The van der Waals surface area contributed by atoms with Crippen molar-refractivity contribution in [1.29, 1.82) is 0 Å². The number of aromatic nitrogens is 1. The average Bonchev–Trinajstić information content (AvgIpc) is 2.46. The van der Waals surface area contributed by atoms with Gasteiger partial charge >= 0.3 is 5.97 Å². The number of carbonyl (C=O) groups is 2. The minimum Gasteiger partial charge on any atom is -0.481 e. The van der Waals surface area contributed by atoms with Crippen LogP contribution in [0.3, 0.4) is 0 Å². The van der Waals surface area contributed by atoms with Crippen LogP contribution in [0.1, 0.15) is 24.3 Å². The zero-order chi connectivity index (χ0) is 15.4. The molecule has 2 aromatic rings. The molecule has 0 spiro atoms. The van der Waals surface area contributed by atoms with Crippen LogP contribution >= 0.6 is 0 Å². The Bertz CT molecular complexity index is 667. The number of rotatable bonds is 5. The number of carboxylic acid groups (broad SMARTS) is 1. The molecule has 1 atom stereocenters. The summed E-state index contributed by atoms with van der Waals surface area (Å²) in [6.07, 6.45) is 0. The number of nitrogens with one attached hydrogen (secondary N) is 1. The number of para-hydroxylation sites is 1. The number of hydrogen-bond acceptors (Lipinski definition) is 3. The summed E-state index contributed by atoms with van der Waals surface area (Å²) in [5.74, 6) is -1.91. The molecule has 1 amide bonds. The lowest BCUT2D eigenvalue weighted by molar-refractivity contribution is -0.142. The van der Waals surface area contributed by atoms with Crippen LogP contribution in [0.25, 0.3) is 10.9 Å². The van der Waals surface area contributed by atoms with Crippen LogP contribution < -0.4 is 5.32 Å². The highest BCUT2D eigenvalue weighted by atomic mass is 16.4. The Morgan fingerprint density at radius 3 is 2.57 bits per heavy atom. The smallest absolute Gasteiger partial charge is 0.308 e. The van der Waals surface area contributed by atoms with E-state index in [4.69, 9.17) is 5.11 Å². The van der Waals surface area contributed by atoms with Crippen molar-refractivity contribution in [1.82, 2.24) is 10.3 Å². The first-order valence-corrected chi connectivity index (χ1v) is 6.86. The summed E-state index contributed by atoms with van der Waals surface area (Å²) in [5, 5.41) is 12.7. The summed E-state index contributed by atoms with van der Waals surface area (Å²) in [7, 11) is 0. The maximum atomic E-state index is 12.1. The summed E-state index contributed by atoms with van der Waals surface area (Å²) in [6, 6.07) is 11.0. The van der Waals surface area contributed by atoms with E-state index < -0.39 is 11.9 Å². The standard InChI is InChI=1S/C16H18N2O3/c1-10(2)12(16(20)21)9-17-15(19)14-8-7-11-5-3-4-6-13(11)18-14/h3-8,10,12H,9H2,1-2H3,(H,17,19)(H,20,21). The Morgan fingerprint density at radius 2 is 1.90 bits per heavy atom. The fourth-order valence-electron chi connectivity index (χ4n) is 2.09. The van der Waals surface area contributed by atoms with Gasteiger partial charge in [0.2, 0.25) is 0 Å². The molecule has 21 heavy (non-hydrogen) atoms. The highest BCUT2D eigenvalue weighted by Gasteiger charge is 2.22. The molecule has 0 bridgehead atoms. The monoisotopic (exact) mass is 286 g/mol. The fourth-order valence-corrected chi connectivity index (χ4v) is 2.09. The van der Waals surface area contributed by atoms with Crippen molar-refractivity contribution < 1.29 is 14.7 Å². The largest absolute Gasteiger partial charge is 0.481 e. The second-order valence-corrected chi connectivity index (χ2v) is 5.29. The molecule has 0 fully saturated rings. The van der Waals surface area contributed by atoms with Gasteiger partial charge in [-0.1, -0.05) is 38.1 Å². The lowest BCUT2D eigenvalue weighted by atomic mass is 9.96. The molecule has 5 heteroatoms. The van der Waals surface area contributed by atoms with Crippen molar-refractivity contribution >= 4 is 22.8 Å². The summed E-state index contributed by atoms with van der Waals surface area (Å²) in [4.78, 5) is 27.5. The molecule has 1 unspecified atom stereocenters. The van der Waals surface area contributed by atoms with Gasteiger partial charge in [0, 0.05) is 11.9 Å². The van der Waals surface area contributed by atoms with Gasteiger partial charge in [0.05, 0.1) is 11.4 Å². The van der Waals surface area contributed by atoms with Gasteiger partial charge in [-0.25, -0.2) is 4.98 Å². The minimum absolute atomic E-state index is 0.0487. The van der Waals surface area contributed by atoms with Gasteiger partial charge in [-0.3, -0.25) is 9.59 Å². The van der Waals surface area contributed by atoms with E-state index in [1.165, 1.54) is 0 Å². The first-order valence-electron chi connectivity index (χ1n) is 6.86. The van der Waals surface area contributed by atoms with Crippen molar-refractivity contribution in [2.75, 3.05) is 6.54 Å². The third-order valence-corrected chi connectivity index (χ3v) is 3.44. The van der Waals surface area contributed by atoms with E-state index >= 15 is 0 Å². The Balaban J connectivity index is 2.10. The predicted octanol–water partition coefficient (Wildman–Crippen LogP) is 2.32. The number of carbonyl (C=O) groups excluding carboxylic acids is 1. The minimum atomic E-state index is -0.906. The summed E-state index contributed by atoms with van der Waals surface area (Å²) < 4.78 is 0. The van der Waals surface area contributed by atoms with Crippen LogP contribution in [-0.4, -0.2) is 28.5 Å². The Hall–Kier alpha value is -2.43. The maximum absolute atomic E-state index is 12.1. The molecular weight excluding hydrogens is 268 g/mol. The second-order valence-electron chi connectivity index (χ2n) is 5.29. The van der Waals surface area contributed by atoms with Gasteiger partial charge in [0.15, 0.2) is 0 Å². The van der Waals surface area contributed by atoms with Gasteiger partial charge in [-0.15, -0.1) is 0 Å². The third-order valence-electron chi connectivity index (χ3n) is 3.44. The van der Waals surface area contributed by atoms with Gasteiger partial charge in [0.25, 0.3) is 5.91 Å². The summed E-state index contributed by atoms with van der Waals surface area (Å²) in [5.41, 5.74) is 1.03. The molecule has 5 nitrogen and oxygen atoms in total. The number of benzene rings is 1. The highest BCUT2D eigenvalue weighted by molar-refractivity contribution is 5.95.